The summed E-state index contributed by atoms with van der Waals surface area (Å²) < 4.78 is 29.2. The van der Waals surface area contributed by atoms with Crippen molar-refractivity contribution in [2.75, 3.05) is 13.1 Å². The molecule has 0 unspecified atom stereocenters. The summed E-state index contributed by atoms with van der Waals surface area (Å²) in [5.74, 6) is 0.515. The van der Waals surface area contributed by atoms with Gasteiger partial charge in [0, 0.05) is 44.1 Å². The van der Waals surface area contributed by atoms with Crippen molar-refractivity contribution >= 4 is 10.0 Å². The Bertz CT molecular complexity index is 660. The first-order valence-corrected chi connectivity index (χ1v) is 11.0. The lowest BCUT2D eigenvalue weighted by Crippen LogP contribution is -2.37. The number of sulfonamides is 1. The van der Waals surface area contributed by atoms with E-state index in [2.05, 4.69) is 32.5 Å². The van der Waals surface area contributed by atoms with Gasteiger partial charge in [-0.3, -0.25) is 4.90 Å². The van der Waals surface area contributed by atoms with Crippen molar-refractivity contribution in [2.45, 2.75) is 69.3 Å². The average Bonchev–Trinajstić information content (AvgIpc) is 3.17. The van der Waals surface area contributed by atoms with Gasteiger partial charge in [-0.05, 0) is 50.2 Å². The normalized spacial score (nSPS) is 26.4. The van der Waals surface area contributed by atoms with Gasteiger partial charge in [-0.25, -0.2) is 13.1 Å². The summed E-state index contributed by atoms with van der Waals surface area (Å²) in [5.41, 5.74) is 1.41. The molecule has 1 N–H and O–H groups in total. The SMILES string of the molecule is O=S(=O)(NCC[C@H]1CN(C2CCCC2)Cc2cccn2C1)C1CC1. The predicted molar refractivity (Wildman–Crippen MR) is 95.1 cm³/mol. The Hall–Kier alpha value is -0.850. The molecule has 1 atom stereocenters. The van der Waals surface area contributed by atoms with E-state index in [1.165, 1.54) is 31.4 Å². The van der Waals surface area contributed by atoms with E-state index in [1.807, 2.05) is 0 Å². The third-order valence-corrected chi connectivity index (χ3v) is 7.85. The van der Waals surface area contributed by atoms with Crippen LogP contribution in [0.2, 0.25) is 0 Å². The molecule has 4 rings (SSSR count). The molecule has 0 bridgehead atoms. The van der Waals surface area contributed by atoms with Crippen molar-refractivity contribution in [1.29, 1.82) is 0 Å². The number of nitrogens with zero attached hydrogens (tertiary/aromatic N) is 2. The average molecular weight is 352 g/mol. The van der Waals surface area contributed by atoms with Gasteiger partial charge in [0.15, 0.2) is 0 Å². The molecular weight excluding hydrogens is 322 g/mol. The molecule has 6 heteroatoms. The molecule has 5 nitrogen and oxygen atoms in total. The largest absolute Gasteiger partial charge is 0.350 e. The minimum Gasteiger partial charge on any atom is -0.350 e. The molecule has 2 aliphatic carbocycles. The number of hydrogen-bond donors (Lipinski definition) is 1. The van der Waals surface area contributed by atoms with Crippen LogP contribution >= 0.6 is 0 Å². The maximum absolute atomic E-state index is 12.0. The van der Waals surface area contributed by atoms with E-state index in [0.29, 0.717) is 12.5 Å². The zero-order valence-corrected chi connectivity index (χ0v) is 15.2. The second kappa shape index (κ2) is 6.81. The van der Waals surface area contributed by atoms with Gasteiger partial charge in [0.1, 0.15) is 0 Å². The summed E-state index contributed by atoms with van der Waals surface area (Å²) in [7, 11) is -3.05. The Morgan fingerprint density at radius 3 is 2.67 bits per heavy atom. The molecule has 0 aromatic carbocycles. The van der Waals surface area contributed by atoms with Crippen molar-refractivity contribution in [1.82, 2.24) is 14.2 Å². The molecular formula is C18H29N3O2S. The summed E-state index contributed by atoms with van der Waals surface area (Å²) in [6.07, 6.45) is 10.1. The highest BCUT2D eigenvalue weighted by molar-refractivity contribution is 7.90. The first kappa shape index (κ1) is 16.6. The van der Waals surface area contributed by atoms with Gasteiger partial charge in [0.05, 0.1) is 5.25 Å². The highest BCUT2D eigenvalue weighted by Crippen LogP contribution is 2.29. The van der Waals surface area contributed by atoms with Crippen LogP contribution in [0.4, 0.5) is 0 Å². The zero-order chi connectivity index (χ0) is 16.6. The fourth-order valence-electron chi connectivity index (χ4n) is 4.34. The van der Waals surface area contributed by atoms with E-state index in [0.717, 1.165) is 44.9 Å². The summed E-state index contributed by atoms with van der Waals surface area (Å²) in [6.45, 7) is 3.73. The van der Waals surface area contributed by atoms with Crippen LogP contribution in [0.1, 0.15) is 50.6 Å². The summed E-state index contributed by atoms with van der Waals surface area (Å²) in [6, 6.07) is 5.10. The minimum absolute atomic E-state index is 0.113. The Labute approximate surface area is 145 Å². The van der Waals surface area contributed by atoms with Gasteiger partial charge in [-0.1, -0.05) is 12.8 Å². The van der Waals surface area contributed by atoms with Crippen molar-refractivity contribution in [3.8, 4) is 0 Å². The van der Waals surface area contributed by atoms with Gasteiger partial charge in [0.2, 0.25) is 10.0 Å². The monoisotopic (exact) mass is 351 g/mol. The number of hydrogen-bond acceptors (Lipinski definition) is 3. The lowest BCUT2D eigenvalue weighted by Gasteiger charge is -2.29. The Morgan fingerprint density at radius 2 is 1.92 bits per heavy atom. The summed E-state index contributed by atoms with van der Waals surface area (Å²) in [5, 5.41) is -0.113. The molecule has 2 heterocycles. The summed E-state index contributed by atoms with van der Waals surface area (Å²) >= 11 is 0. The summed E-state index contributed by atoms with van der Waals surface area (Å²) in [4.78, 5) is 2.66. The number of aromatic nitrogens is 1. The van der Waals surface area contributed by atoms with Gasteiger partial charge in [-0.15, -0.1) is 0 Å². The van der Waals surface area contributed by atoms with E-state index in [4.69, 9.17) is 0 Å². The van der Waals surface area contributed by atoms with Crippen molar-refractivity contribution in [2.24, 2.45) is 5.92 Å². The number of fused-ring (bicyclic) bond motifs is 1. The number of rotatable bonds is 6. The fourth-order valence-corrected chi connectivity index (χ4v) is 5.74. The topological polar surface area (TPSA) is 54.3 Å². The lowest BCUT2D eigenvalue weighted by atomic mass is 10.0. The van der Waals surface area contributed by atoms with Crippen LogP contribution in [0.25, 0.3) is 0 Å². The van der Waals surface area contributed by atoms with E-state index in [-0.39, 0.29) is 5.25 Å². The third-order valence-electron chi connectivity index (χ3n) is 5.90. The van der Waals surface area contributed by atoms with E-state index in [9.17, 15) is 8.42 Å². The standard InChI is InChI=1S/C18H29N3O2S/c22-24(23,18-7-8-18)19-10-9-15-12-20-11-3-6-17(20)14-21(13-15)16-4-1-2-5-16/h3,6,11,15-16,18-19H,1-2,4-5,7-10,12-14H2/t15-/m1/s1. The van der Waals surface area contributed by atoms with Crippen molar-refractivity contribution in [3.05, 3.63) is 24.0 Å². The maximum Gasteiger partial charge on any atom is 0.214 e. The molecule has 134 valence electrons. The quantitative estimate of drug-likeness (QED) is 0.856. The molecule has 0 amide bonds. The molecule has 0 saturated heterocycles. The van der Waals surface area contributed by atoms with Gasteiger partial charge in [-0.2, -0.15) is 0 Å². The molecule has 0 spiro atoms. The van der Waals surface area contributed by atoms with E-state index in [1.54, 1.807) is 0 Å². The third kappa shape index (κ3) is 3.70. The van der Waals surface area contributed by atoms with E-state index >= 15 is 0 Å². The van der Waals surface area contributed by atoms with Crippen molar-refractivity contribution in [3.63, 3.8) is 0 Å². The maximum atomic E-state index is 12.0. The molecule has 1 aromatic rings. The van der Waals surface area contributed by atoms with Crippen LogP contribution in [-0.2, 0) is 23.1 Å². The Morgan fingerprint density at radius 1 is 1.12 bits per heavy atom. The molecule has 1 aromatic heterocycles. The predicted octanol–water partition coefficient (Wildman–Crippen LogP) is 2.33. The first-order valence-electron chi connectivity index (χ1n) is 9.48. The second-order valence-corrected chi connectivity index (χ2v) is 9.86. The zero-order valence-electron chi connectivity index (χ0n) is 14.4. The van der Waals surface area contributed by atoms with Crippen LogP contribution in [0.15, 0.2) is 18.3 Å². The molecule has 1 aliphatic heterocycles. The molecule has 2 saturated carbocycles. The van der Waals surface area contributed by atoms with Gasteiger partial charge in [0.25, 0.3) is 0 Å². The Balaban J connectivity index is 1.39. The molecule has 3 aliphatic rings. The van der Waals surface area contributed by atoms with Crippen molar-refractivity contribution < 1.29 is 8.42 Å². The minimum atomic E-state index is -3.05. The lowest BCUT2D eigenvalue weighted by molar-refractivity contribution is 0.162. The van der Waals surface area contributed by atoms with E-state index < -0.39 is 10.0 Å². The molecule has 2 fully saturated rings. The second-order valence-electron chi connectivity index (χ2n) is 7.81. The Kier molecular flexibility index (Phi) is 4.71. The van der Waals surface area contributed by atoms with Crippen LogP contribution in [0, 0.1) is 5.92 Å². The van der Waals surface area contributed by atoms with Gasteiger partial charge < -0.3 is 4.57 Å². The molecule has 24 heavy (non-hydrogen) atoms. The van der Waals surface area contributed by atoms with Crippen LogP contribution in [0.3, 0.4) is 0 Å². The van der Waals surface area contributed by atoms with Crippen LogP contribution in [-0.4, -0.2) is 42.3 Å². The highest BCUT2D eigenvalue weighted by Gasteiger charge is 2.35. The number of nitrogens with one attached hydrogen (secondary N) is 1. The fraction of sp³-hybridized carbons (Fsp3) is 0.778. The highest BCUT2D eigenvalue weighted by atomic mass is 32.2. The van der Waals surface area contributed by atoms with Gasteiger partial charge >= 0.3 is 0 Å². The molecule has 0 radical (unpaired) electrons. The smallest absolute Gasteiger partial charge is 0.214 e. The van der Waals surface area contributed by atoms with Crippen LogP contribution < -0.4 is 4.72 Å². The first-order chi connectivity index (χ1) is 11.6. The van der Waals surface area contributed by atoms with Crippen LogP contribution in [0.5, 0.6) is 0 Å².